The van der Waals surface area contributed by atoms with E-state index in [2.05, 4.69) is 5.32 Å². The molecule has 0 spiro atoms. The normalized spacial score (nSPS) is 48.2. The average molecular weight is 1340 g/mol. The molecule has 21 N–H and O–H groups in total. The second-order valence-corrected chi connectivity index (χ2v) is 22.9. The lowest BCUT2D eigenvalue weighted by Gasteiger charge is -2.50. The van der Waals surface area contributed by atoms with Crippen molar-refractivity contribution in [3.8, 4) is 11.5 Å². The van der Waals surface area contributed by atoms with Crippen molar-refractivity contribution in [3.05, 3.63) is 50.3 Å². The minimum atomic E-state index is -2.39. The Labute approximate surface area is 515 Å². The zero-order valence-electron chi connectivity index (χ0n) is 47.5. The summed E-state index contributed by atoms with van der Waals surface area (Å²) in [7, 11) is 0. The zero-order chi connectivity index (χ0) is 66.6. The number of nitrogens with one attached hydrogen (secondary N) is 1. The average Bonchev–Trinajstić information content (AvgIpc) is 0.830. The molecule has 35 atom stereocenters. The molecule has 40 heteroatoms. The van der Waals surface area contributed by atoms with Crippen LogP contribution in [0, 0.1) is 11.6 Å². The molecule has 0 amide bonds. The minimum Gasteiger partial charge on any atom is -0.451 e. The standard InChI is InChI=1S/C52H73F2NO37/c53-11-1-12(54)3-13(2-11)78-45-21(22(62)23(45)63)55-4-14-38-24(64)31(71)46(79-14)87-39-15(5-56)81-48(33(73)26(39)66)89-41-17(7-58)83-50(35(75)28(41)68)91-43-19(9-60)85-52(37(77)30(43)70)92-44-20(10-61)84-51(36(76)29(44)69)90-42-18(8-59)82-49(34(74)27(42)67)88-40-16(6-57)80-47(86-38)32(72)25(40)65/h1-3,14-20,24-44,46-52,55-61,64-77H,4-10H2/t14-,15-,16-,17-,18-,19-,20-,24-,25-,26-,27-,28-,29-,30-,31-,32-,33-,34-,35-,36-,37-,38-,39-,40-,41-,42-,43-,44-,46-,47-,48-,49-,50-,51-,52-/m1/s1. The van der Waals surface area contributed by atoms with Gasteiger partial charge in [0.2, 0.25) is 5.75 Å². The van der Waals surface area contributed by atoms with Gasteiger partial charge in [-0.3, -0.25) is 9.59 Å². The van der Waals surface area contributed by atoms with Crippen molar-refractivity contribution >= 4 is 5.69 Å². The number of hydrogen-bond acceptors (Lipinski definition) is 38. The van der Waals surface area contributed by atoms with Gasteiger partial charge in [-0.1, -0.05) is 0 Å². The second-order valence-electron chi connectivity index (χ2n) is 22.9. The zero-order valence-corrected chi connectivity index (χ0v) is 47.5. The molecule has 21 aliphatic rings. The fourth-order valence-electron chi connectivity index (χ4n) is 12.0. The van der Waals surface area contributed by atoms with E-state index in [9.17, 15) is 121 Å². The molecule has 21 aliphatic heterocycles. The number of rotatable bonds is 11. The van der Waals surface area contributed by atoms with Crippen LogP contribution in [0.15, 0.2) is 27.8 Å². The van der Waals surface area contributed by atoms with E-state index in [0.29, 0.717) is 18.2 Å². The third-order valence-corrected chi connectivity index (χ3v) is 17.0. The molecule has 0 saturated carbocycles. The highest BCUT2D eigenvalue weighted by Gasteiger charge is 2.60. The molecule has 23 rings (SSSR count). The molecule has 2 aromatic carbocycles. The largest absolute Gasteiger partial charge is 0.451 e. The maximum Gasteiger partial charge on any atom is 0.272 e. The molecule has 21 saturated heterocycles. The summed E-state index contributed by atoms with van der Waals surface area (Å²) in [6.07, 6.45) is -73.9. The third-order valence-electron chi connectivity index (χ3n) is 17.0. The van der Waals surface area contributed by atoms with Gasteiger partial charge in [-0.15, -0.1) is 0 Å². The van der Waals surface area contributed by atoms with Gasteiger partial charge in [0.25, 0.3) is 10.9 Å². The predicted molar refractivity (Wildman–Crippen MR) is 278 cm³/mol. The van der Waals surface area contributed by atoms with Crippen LogP contribution >= 0.6 is 0 Å². The van der Waals surface area contributed by atoms with Crippen LogP contribution in [0.25, 0.3) is 0 Å². The van der Waals surface area contributed by atoms with Crippen LogP contribution in [-0.2, 0) is 66.3 Å². The van der Waals surface area contributed by atoms with E-state index in [1.165, 1.54) is 0 Å². The Balaban J connectivity index is 0.957. The van der Waals surface area contributed by atoms with Crippen molar-refractivity contribution in [1.29, 1.82) is 0 Å². The Morgan fingerprint density at radius 2 is 0.533 bits per heavy atom. The first-order valence-corrected chi connectivity index (χ1v) is 28.8. The number of halogens is 2. The molecule has 14 bridgehead atoms. The summed E-state index contributed by atoms with van der Waals surface area (Å²) >= 11 is 0. The van der Waals surface area contributed by atoms with Gasteiger partial charge in [0.05, 0.1) is 39.6 Å². The molecular formula is C52H73F2NO37. The fraction of sp³-hybridized carbons (Fsp3) is 0.808. The van der Waals surface area contributed by atoms with E-state index in [1.807, 2.05) is 0 Å². The molecule has 0 unspecified atom stereocenters. The maximum atomic E-state index is 14.1. The summed E-state index contributed by atoms with van der Waals surface area (Å²) in [5, 5.41) is 226. The highest BCUT2D eigenvalue weighted by atomic mass is 19.1. The highest BCUT2D eigenvalue weighted by molar-refractivity contribution is 5.63. The third kappa shape index (κ3) is 13.8. The number of aliphatic hydroxyl groups excluding tert-OH is 20. The number of hydrogen-bond donors (Lipinski definition) is 21. The van der Waals surface area contributed by atoms with E-state index in [4.69, 9.17) is 71.1 Å². The topological polar surface area (TPSA) is 589 Å². The van der Waals surface area contributed by atoms with Crippen LogP contribution in [-0.4, -0.2) is 363 Å². The monoisotopic (exact) mass is 1340 g/mol. The number of ether oxygens (including phenoxy) is 15. The second kappa shape index (κ2) is 29.6. The predicted octanol–water partition coefficient (Wildman–Crippen LogP) is -13.4. The van der Waals surface area contributed by atoms with Gasteiger partial charge >= 0.3 is 0 Å². The quantitative estimate of drug-likeness (QED) is 0.0929. The van der Waals surface area contributed by atoms with Gasteiger partial charge in [-0.05, 0) is 0 Å². The molecule has 38 nitrogen and oxygen atoms in total. The first-order valence-electron chi connectivity index (χ1n) is 28.8. The summed E-state index contributed by atoms with van der Waals surface area (Å²) in [6.45, 7) is -7.57. The molecule has 2 aromatic rings. The van der Waals surface area contributed by atoms with Crippen molar-refractivity contribution in [1.82, 2.24) is 0 Å². The lowest BCUT2D eigenvalue weighted by atomic mass is 9.95. The van der Waals surface area contributed by atoms with Crippen molar-refractivity contribution in [3.63, 3.8) is 0 Å². The number of aliphatic hydroxyl groups is 20. The highest BCUT2D eigenvalue weighted by Crippen LogP contribution is 2.40. The lowest BCUT2D eigenvalue weighted by molar-refractivity contribution is -0.396. The van der Waals surface area contributed by atoms with E-state index >= 15 is 0 Å². The molecule has 21 fully saturated rings. The van der Waals surface area contributed by atoms with Crippen LogP contribution < -0.4 is 20.9 Å². The van der Waals surface area contributed by atoms with Crippen molar-refractivity contribution in [2.75, 3.05) is 51.5 Å². The molecular weight excluding hydrogens is 1270 g/mol. The van der Waals surface area contributed by atoms with Crippen molar-refractivity contribution in [2.45, 2.75) is 215 Å². The Hall–Kier alpha value is -3.60. The van der Waals surface area contributed by atoms with Gasteiger partial charge in [-0.25, -0.2) is 8.78 Å². The smallest absolute Gasteiger partial charge is 0.272 e. The summed E-state index contributed by atoms with van der Waals surface area (Å²) < 4.78 is 114. The molecule has 522 valence electrons. The van der Waals surface area contributed by atoms with Crippen molar-refractivity contribution in [2.24, 2.45) is 0 Å². The van der Waals surface area contributed by atoms with E-state index in [1.54, 1.807) is 0 Å². The fourth-order valence-corrected chi connectivity index (χ4v) is 12.0. The van der Waals surface area contributed by atoms with Crippen LogP contribution in [0.4, 0.5) is 14.5 Å². The maximum absolute atomic E-state index is 14.1. The SMILES string of the molecule is O=c1c(NC[C@H]2O[C@@H]3O[C@H]4[C@H](O)[C@@H](O)[C@@H](O[C@H]5[C@H](O)[C@@H](O)[C@@H](O[C@H]6[C@H](O)[C@@H](O)[C@@H](O[C@H]7[C@H](O)[C@@H](O)[C@@H](O[C@H]8[C@H](O)[C@@H](O)[C@@H](O[C@H]9[C@H](O)[C@@H](O)[C@@H](O[C@H]2[C@H](O)[C@H]3O)O[C@@H]9CO)O[C@@H]8CO)O[C@@H]7CO)O[C@@H]6CO)O[C@@H]5CO)O[C@@H]4CO)c(Oc2cc(F)cc(F)c2)c1=O. The van der Waals surface area contributed by atoms with E-state index in [0.717, 1.165) is 0 Å². The summed E-state index contributed by atoms with van der Waals surface area (Å²) in [5.41, 5.74) is -3.25. The van der Waals surface area contributed by atoms with E-state index in [-0.39, 0.29) is 0 Å². The Morgan fingerprint density at radius 1 is 0.315 bits per heavy atom. The van der Waals surface area contributed by atoms with Gasteiger partial charge in [0, 0.05) is 24.7 Å². The first kappa shape index (κ1) is 71.2. The molecule has 21 heterocycles. The summed E-state index contributed by atoms with van der Waals surface area (Å²) in [5.74, 6) is -3.69. The molecule has 0 radical (unpaired) electrons. The van der Waals surface area contributed by atoms with Crippen LogP contribution in [0.5, 0.6) is 11.5 Å². The van der Waals surface area contributed by atoms with Crippen LogP contribution in [0.3, 0.4) is 0 Å². The Kier molecular flexibility index (Phi) is 22.9. The van der Waals surface area contributed by atoms with Crippen LogP contribution in [0.2, 0.25) is 0 Å². The first-order chi connectivity index (χ1) is 43.8. The molecule has 0 aromatic heterocycles. The van der Waals surface area contributed by atoms with Gasteiger partial charge in [0.15, 0.2) is 44.0 Å². The number of benzene rings is 1. The molecule has 92 heavy (non-hydrogen) atoms. The number of anilines is 1. The minimum absolute atomic E-state index is 0.474. The van der Waals surface area contributed by atoms with Gasteiger partial charge in [0.1, 0.15) is 194 Å². The van der Waals surface area contributed by atoms with Gasteiger partial charge < -0.3 is 179 Å². The van der Waals surface area contributed by atoms with Crippen LogP contribution in [0.1, 0.15) is 0 Å². The Bertz CT molecular complexity index is 2780. The lowest BCUT2D eigenvalue weighted by Crippen LogP contribution is -2.68. The van der Waals surface area contributed by atoms with E-state index < -0.39 is 301 Å². The van der Waals surface area contributed by atoms with Gasteiger partial charge in [-0.2, -0.15) is 0 Å². The Morgan fingerprint density at radius 3 is 0.761 bits per heavy atom. The van der Waals surface area contributed by atoms with Crippen molar-refractivity contribution < 1.29 is 182 Å². The molecule has 0 aliphatic carbocycles. The summed E-state index contributed by atoms with van der Waals surface area (Å²) in [4.78, 5) is 25.7. The summed E-state index contributed by atoms with van der Waals surface area (Å²) in [6, 6.07) is 1.80.